The number of morpholine rings is 1. The lowest BCUT2D eigenvalue weighted by Gasteiger charge is -2.28. The van der Waals surface area contributed by atoms with Crippen molar-refractivity contribution in [2.45, 2.75) is 20.0 Å². The van der Waals surface area contributed by atoms with Crippen molar-refractivity contribution in [3.63, 3.8) is 0 Å². The minimum atomic E-state index is -0.169. The van der Waals surface area contributed by atoms with Gasteiger partial charge in [-0.2, -0.15) is 0 Å². The Hall–Kier alpha value is -3.45. The summed E-state index contributed by atoms with van der Waals surface area (Å²) in [6.45, 7) is 5.61. The van der Waals surface area contributed by atoms with Gasteiger partial charge in [0.15, 0.2) is 6.29 Å². The van der Waals surface area contributed by atoms with E-state index in [1.807, 2.05) is 48.5 Å². The second-order valence-electron chi connectivity index (χ2n) is 7.53. The van der Waals surface area contributed by atoms with Gasteiger partial charge in [0.25, 0.3) is 5.56 Å². The number of pyridine rings is 2. The Balaban J connectivity index is 1.57. The maximum absolute atomic E-state index is 12.9. The molecule has 3 heterocycles. The Bertz CT molecular complexity index is 1110. The highest BCUT2D eigenvalue weighted by Crippen LogP contribution is 2.18. The molecule has 2 aromatic heterocycles. The number of carbonyl (C=O) groups excluding carboxylic acids is 1. The number of nitrogens with zero attached hydrogens (tertiary/aromatic N) is 3. The van der Waals surface area contributed by atoms with Crippen LogP contribution in [0.4, 0.5) is 11.5 Å². The van der Waals surface area contributed by atoms with Gasteiger partial charge in [0.1, 0.15) is 5.82 Å². The number of aldehydes is 1. The molecule has 0 saturated carbocycles. The highest BCUT2D eigenvalue weighted by atomic mass is 16.5. The molecule has 0 radical (unpaired) electrons. The molecule has 160 valence electrons. The Morgan fingerprint density at radius 3 is 2.61 bits per heavy atom. The van der Waals surface area contributed by atoms with E-state index >= 15 is 0 Å². The van der Waals surface area contributed by atoms with Crippen LogP contribution in [0.15, 0.2) is 59.4 Å². The molecule has 1 aliphatic rings. The van der Waals surface area contributed by atoms with Crippen LogP contribution >= 0.6 is 0 Å². The normalized spacial score (nSPS) is 13.8. The molecule has 0 amide bonds. The van der Waals surface area contributed by atoms with Crippen LogP contribution in [0.5, 0.6) is 0 Å². The Labute approximate surface area is 181 Å². The molecule has 0 atom stereocenters. The highest BCUT2D eigenvalue weighted by Gasteiger charge is 2.15. The van der Waals surface area contributed by atoms with Gasteiger partial charge in [-0.25, -0.2) is 4.98 Å². The van der Waals surface area contributed by atoms with E-state index in [0.717, 1.165) is 36.5 Å². The minimum Gasteiger partial charge on any atom is -0.380 e. The number of hydrogen-bond acceptors (Lipinski definition) is 6. The van der Waals surface area contributed by atoms with Crippen molar-refractivity contribution >= 4 is 17.8 Å². The lowest BCUT2D eigenvalue weighted by Crippen LogP contribution is -2.36. The average Bonchev–Trinajstić information content (AvgIpc) is 2.82. The van der Waals surface area contributed by atoms with Crippen molar-refractivity contribution in [3.8, 4) is 0 Å². The predicted molar refractivity (Wildman–Crippen MR) is 121 cm³/mol. The van der Waals surface area contributed by atoms with Gasteiger partial charge in [0, 0.05) is 31.4 Å². The van der Waals surface area contributed by atoms with Crippen molar-refractivity contribution in [1.82, 2.24) is 9.55 Å². The lowest BCUT2D eigenvalue weighted by molar-refractivity contribution is 0.112. The fourth-order valence-electron chi connectivity index (χ4n) is 3.75. The van der Waals surface area contributed by atoms with Crippen LogP contribution in [0.25, 0.3) is 0 Å². The van der Waals surface area contributed by atoms with Crippen LogP contribution in [0.3, 0.4) is 0 Å². The van der Waals surface area contributed by atoms with Crippen molar-refractivity contribution in [2.24, 2.45) is 0 Å². The number of hydrogen-bond donors (Lipinski definition) is 1. The number of carbonyl (C=O) groups is 1. The zero-order valence-corrected chi connectivity index (χ0v) is 17.6. The van der Waals surface area contributed by atoms with Crippen molar-refractivity contribution in [1.29, 1.82) is 0 Å². The number of rotatable bonds is 7. The van der Waals surface area contributed by atoms with E-state index in [4.69, 9.17) is 9.72 Å². The van der Waals surface area contributed by atoms with Gasteiger partial charge in [-0.05, 0) is 24.6 Å². The van der Waals surface area contributed by atoms with Gasteiger partial charge in [-0.3, -0.25) is 9.59 Å². The van der Waals surface area contributed by atoms with Gasteiger partial charge in [-0.1, -0.05) is 36.4 Å². The van der Waals surface area contributed by atoms with Crippen LogP contribution < -0.4 is 15.8 Å². The molecular formula is C24H26N4O3. The van der Waals surface area contributed by atoms with Crippen molar-refractivity contribution in [2.75, 3.05) is 36.5 Å². The lowest BCUT2D eigenvalue weighted by atomic mass is 10.1. The largest absolute Gasteiger partial charge is 0.380 e. The predicted octanol–water partition coefficient (Wildman–Crippen LogP) is 2.86. The van der Waals surface area contributed by atoms with Gasteiger partial charge in [-0.15, -0.1) is 0 Å². The third kappa shape index (κ3) is 4.83. The molecular weight excluding hydrogens is 392 g/mol. The number of nitrogens with one attached hydrogen (secondary N) is 1. The standard InChI is InChI=1S/C24H26N4O3/c1-18-21(17-29)22(25-15-19-6-3-2-4-7-19)14-24(30)28(18)16-20-8-5-9-23(26-20)27-10-12-31-13-11-27/h2-9,14,17,25H,10-13,15-16H2,1H3. The van der Waals surface area contributed by atoms with Gasteiger partial charge >= 0.3 is 0 Å². The molecule has 1 aliphatic heterocycles. The molecule has 4 rings (SSSR count). The summed E-state index contributed by atoms with van der Waals surface area (Å²) in [6.07, 6.45) is 0.802. The Morgan fingerprint density at radius 1 is 1.10 bits per heavy atom. The number of benzene rings is 1. The molecule has 3 aromatic rings. The Morgan fingerprint density at radius 2 is 1.87 bits per heavy atom. The van der Waals surface area contributed by atoms with Crippen LogP contribution in [0.1, 0.15) is 27.3 Å². The van der Waals surface area contributed by atoms with E-state index in [0.29, 0.717) is 43.2 Å². The minimum absolute atomic E-state index is 0.169. The SMILES string of the molecule is Cc1c(C=O)c(NCc2ccccc2)cc(=O)n1Cc1cccc(N2CCOCC2)n1. The van der Waals surface area contributed by atoms with Gasteiger partial charge in [0.2, 0.25) is 0 Å². The summed E-state index contributed by atoms with van der Waals surface area (Å²) in [4.78, 5) is 31.6. The maximum Gasteiger partial charge on any atom is 0.253 e. The molecule has 1 saturated heterocycles. The van der Waals surface area contributed by atoms with E-state index < -0.39 is 0 Å². The average molecular weight is 418 g/mol. The van der Waals surface area contributed by atoms with E-state index in [2.05, 4.69) is 10.2 Å². The first-order chi connectivity index (χ1) is 15.2. The van der Waals surface area contributed by atoms with E-state index in [1.54, 1.807) is 11.5 Å². The van der Waals surface area contributed by atoms with Crippen LogP contribution in [-0.4, -0.2) is 42.1 Å². The molecule has 0 aliphatic carbocycles. The second-order valence-corrected chi connectivity index (χ2v) is 7.53. The first kappa shape index (κ1) is 20.8. The quantitative estimate of drug-likeness (QED) is 0.595. The first-order valence-corrected chi connectivity index (χ1v) is 10.4. The summed E-state index contributed by atoms with van der Waals surface area (Å²) in [5.74, 6) is 0.878. The first-order valence-electron chi connectivity index (χ1n) is 10.4. The summed E-state index contributed by atoms with van der Waals surface area (Å²) in [7, 11) is 0. The van der Waals surface area contributed by atoms with Crippen LogP contribution in [-0.2, 0) is 17.8 Å². The Kier molecular flexibility index (Phi) is 6.43. The zero-order chi connectivity index (χ0) is 21.6. The van der Waals surface area contributed by atoms with Gasteiger partial charge < -0.3 is 19.5 Å². The fourth-order valence-corrected chi connectivity index (χ4v) is 3.75. The molecule has 1 fully saturated rings. The summed E-state index contributed by atoms with van der Waals surface area (Å²) < 4.78 is 7.01. The van der Waals surface area contributed by atoms with E-state index in [1.165, 1.54) is 6.07 Å². The molecule has 1 N–H and O–H groups in total. The highest BCUT2D eigenvalue weighted by molar-refractivity contribution is 5.85. The zero-order valence-electron chi connectivity index (χ0n) is 17.6. The smallest absolute Gasteiger partial charge is 0.253 e. The molecule has 31 heavy (non-hydrogen) atoms. The van der Waals surface area contributed by atoms with E-state index in [-0.39, 0.29) is 5.56 Å². The topological polar surface area (TPSA) is 76.5 Å². The molecule has 0 unspecified atom stereocenters. The van der Waals surface area contributed by atoms with Crippen LogP contribution in [0.2, 0.25) is 0 Å². The summed E-state index contributed by atoms with van der Waals surface area (Å²) in [5, 5.41) is 3.23. The summed E-state index contributed by atoms with van der Waals surface area (Å²) in [6, 6.07) is 17.2. The van der Waals surface area contributed by atoms with Crippen molar-refractivity contribution < 1.29 is 9.53 Å². The second kappa shape index (κ2) is 9.57. The third-order valence-electron chi connectivity index (χ3n) is 5.51. The number of anilines is 2. The summed E-state index contributed by atoms with van der Waals surface area (Å²) >= 11 is 0. The van der Waals surface area contributed by atoms with Crippen molar-refractivity contribution in [3.05, 3.63) is 87.5 Å². The van der Waals surface area contributed by atoms with E-state index in [9.17, 15) is 9.59 Å². The molecule has 7 nitrogen and oxygen atoms in total. The maximum atomic E-state index is 12.9. The molecule has 0 bridgehead atoms. The summed E-state index contributed by atoms with van der Waals surface area (Å²) in [5.41, 5.74) is 3.34. The number of aromatic nitrogens is 2. The van der Waals surface area contributed by atoms with Crippen LogP contribution in [0, 0.1) is 6.92 Å². The fraction of sp³-hybridized carbons (Fsp3) is 0.292. The molecule has 0 spiro atoms. The van der Waals surface area contributed by atoms with Gasteiger partial charge in [0.05, 0.1) is 36.7 Å². The molecule has 7 heteroatoms. The monoisotopic (exact) mass is 418 g/mol. The molecule has 1 aromatic carbocycles. The number of ether oxygens (including phenoxy) is 1. The third-order valence-corrected chi connectivity index (χ3v) is 5.51.